The molecule has 0 saturated carbocycles. The van der Waals surface area contributed by atoms with E-state index in [9.17, 15) is 0 Å². The van der Waals surface area contributed by atoms with Gasteiger partial charge in [-0.25, -0.2) is 0 Å². The van der Waals surface area contributed by atoms with Crippen molar-refractivity contribution in [3.8, 4) is 17.6 Å². The van der Waals surface area contributed by atoms with Crippen molar-refractivity contribution >= 4 is 0 Å². The molecule has 0 aliphatic carbocycles. The first kappa shape index (κ1) is 14.9. The summed E-state index contributed by atoms with van der Waals surface area (Å²) >= 11 is 0. The van der Waals surface area contributed by atoms with E-state index in [4.69, 9.17) is 19.9 Å². The molecule has 0 atom stereocenters. The van der Waals surface area contributed by atoms with Crippen molar-refractivity contribution in [1.29, 1.82) is 0 Å². The molecule has 0 bridgehead atoms. The van der Waals surface area contributed by atoms with Crippen molar-refractivity contribution in [2.24, 2.45) is 5.73 Å². The van der Waals surface area contributed by atoms with Gasteiger partial charge in [-0.15, -0.1) is 0 Å². The van der Waals surface area contributed by atoms with Gasteiger partial charge in [0.1, 0.15) is 12.4 Å². The lowest BCUT2D eigenvalue weighted by Gasteiger charge is -2.22. The van der Waals surface area contributed by atoms with Crippen molar-refractivity contribution in [3.63, 3.8) is 0 Å². The molecule has 4 heteroatoms. The zero-order valence-corrected chi connectivity index (χ0v) is 11.6. The Balaban J connectivity index is 1.70. The molecule has 0 spiro atoms. The van der Waals surface area contributed by atoms with E-state index in [1.165, 1.54) is 0 Å². The zero-order valence-electron chi connectivity index (χ0n) is 11.6. The second-order valence-corrected chi connectivity index (χ2v) is 4.56. The molecule has 1 aromatic carbocycles. The van der Waals surface area contributed by atoms with E-state index >= 15 is 0 Å². The van der Waals surface area contributed by atoms with E-state index in [-0.39, 0.29) is 0 Å². The third kappa shape index (κ3) is 5.22. The molecule has 0 amide bonds. The van der Waals surface area contributed by atoms with Crippen LogP contribution >= 0.6 is 0 Å². The Labute approximate surface area is 120 Å². The number of benzene rings is 1. The first-order chi connectivity index (χ1) is 9.88. The van der Waals surface area contributed by atoms with Crippen LogP contribution in [0.15, 0.2) is 24.3 Å². The van der Waals surface area contributed by atoms with E-state index in [1.807, 2.05) is 24.3 Å². The molecule has 1 fully saturated rings. The molecule has 2 rings (SSSR count). The molecule has 1 aliphatic rings. The summed E-state index contributed by atoms with van der Waals surface area (Å²) in [5, 5.41) is 0. The maximum absolute atomic E-state index is 5.75. The minimum atomic E-state index is 0.314. The highest BCUT2D eigenvalue weighted by atomic mass is 16.5. The minimum absolute atomic E-state index is 0.314. The van der Waals surface area contributed by atoms with Gasteiger partial charge in [0.25, 0.3) is 0 Å². The van der Waals surface area contributed by atoms with Crippen molar-refractivity contribution in [2.45, 2.75) is 18.9 Å². The smallest absolute Gasteiger partial charge is 0.120 e. The molecule has 0 unspecified atom stereocenters. The summed E-state index contributed by atoms with van der Waals surface area (Å²) in [6.45, 7) is 3.11. The lowest BCUT2D eigenvalue weighted by Crippen LogP contribution is -2.25. The molecule has 1 saturated heterocycles. The third-order valence-electron chi connectivity index (χ3n) is 3.04. The highest BCUT2D eigenvalue weighted by Gasteiger charge is 2.13. The number of nitrogens with two attached hydrogens (primary N) is 1. The van der Waals surface area contributed by atoms with Gasteiger partial charge in [-0.1, -0.05) is 17.9 Å². The van der Waals surface area contributed by atoms with Gasteiger partial charge >= 0.3 is 0 Å². The average molecular weight is 275 g/mol. The molecular weight excluding hydrogens is 254 g/mol. The van der Waals surface area contributed by atoms with Gasteiger partial charge in [0.15, 0.2) is 0 Å². The molecule has 1 aromatic rings. The number of rotatable bonds is 5. The fraction of sp³-hybridized carbons (Fsp3) is 0.500. The quantitative estimate of drug-likeness (QED) is 0.654. The molecule has 0 aromatic heterocycles. The van der Waals surface area contributed by atoms with E-state index in [0.717, 1.165) is 37.4 Å². The van der Waals surface area contributed by atoms with Crippen LogP contribution in [0.3, 0.4) is 0 Å². The summed E-state index contributed by atoms with van der Waals surface area (Å²) in [6, 6.07) is 7.70. The summed E-state index contributed by atoms with van der Waals surface area (Å²) in [7, 11) is 0. The molecule has 20 heavy (non-hydrogen) atoms. The predicted octanol–water partition coefficient (Wildman–Crippen LogP) is 1.57. The Hall–Kier alpha value is -1.54. The SMILES string of the molecule is NCC#Cc1cccc(OCCOC2CCOCC2)c1. The highest BCUT2D eigenvalue weighted by molar-refractivity contribution is 5.39. The maximum atomic E-state index is 5.75. The first-order valence-electron chi connectivity index (χ1n) is 6.99. The summed E-state index contributed by atoms with van der Waals surface area (Å²) < 4.78 is 16.7. The van der Waals surface area contributed by atoms with Gasteiger partial charge in [-0.05, 0) is 31.0 Å². The predicted molar refractivity (Wildman–Crippen MR) is 77.7 cm³/mol. The van der Waals surface area contributed by atoms with Gasteiger partial charge in [0, 0.05) is 18.8 Å². The summed E-state index contributed by atoms with van der Waals surface area (Å²) in [6.07, 6.45) is 2.27. The summed E-state index contributed by atoms with van der Waals surface area (Å²) in [5.41, 5.74) is 6.27. The Bertz CT molecular complexity index is 458. The summed E-state index contributed by atoms with van der Waals surface area (Å²) in [5.74, 6) is 6.62. The standard InChI is InChI=1S/C16H21NO3/c17-8-2-4-14-3-1-5-16(13-14)20-12-11-19-15-6-9-18-10-7-15/h1,3,5,13,15H,6-12,17H2. The van der Waals surface area contributed by atoms with Crippen LogP contribution in [-0.4, -0.2) is 39.1 Å². The van der Waals surface area contributed by atoms with Gasteiger partial charge < -0.3 is 19.9 Å². The first-order valence-corrected chi connectivity index (χ1v) is 6.99. The monoisotopic (exact) mass is 275 g/mol. The van der Waals surface area contributed by atoms with Crippen LogP contribution in [0.4, 0.5) is 0 Å². The molecular formula is C16H21NO3. The lowest BCUT2D eigenvalue weighted by molar-refractivity contribution is -0.0388. The second-order valence-electron chi connectivity index (χ2n) is 4.56. The van der Waals surface area contributed by atoms with Gasteiger partial charge in [0.05, 0.1) is 19.3 Å². The van der Waals surface area contributed by atoms with E-state index < -0.39 is 0 Å². The van der Waals surface area contributed by atoms with Crippen LogP contribution in [0, 0.1) is 11.8 Å². The van der Waals surface area contributed by atoms with Crippen LogP contribution in [0.5, 0.6) is 5.75 Å². The number of hydrogen-bond donors (Lipinski definition) is 1. The third-order valence-corrected chi connectivity index (χ3v) is 3.04. The van der Waals surface area contributed by atoms with Gasteiger partial charge in [-0.3, -0.25) is 0 Å². The average Bonchev–Trinajstić information content (AvgIpc) is 2.51. The van der Waals surface area contributed by atoms with Crippen molar-refractivity contribution in [1.82, 2.24) is 0 Å². The van der Waals surface area contributed by atoms with Crippen LogP contribution in [0.1, 0.15) is 18.4 Å². The minimum Gasteiger partial charge on any atom is -0.491 e. The van der Waals surface area contributed by atoms with E-state index in [0.29, 0.717) is 25.9 Å². The van der Waals surface area contributed by atoms with Gasteiger partial charge in [-0.2, -0.15) is 0 Å². The van der Waals surface area contributed by atoms with E-state index in [2.05, 4.69) is 11.8 Å². The highest BCUT2D eigenvalue weighted by Crippen LogP contribution is 2.13. The fourth-order valence-electron chi connectivity index (χ4n) is 2.03. The van der Waals surface area contributed by atoms with Crippen molar-refractivity contribution < 1.29 is 14.2 Å². The zero-order chi connectivity index (χ0) is 14.0. The number of ether oxygens (including phenoxy) is 3. The molecule has 1 aliphatic heterocycles. The van der Waals surface area contributed by atoms with E-state index in [1.54, 1.807) is 0 Å². The molecule has 108 valence electrons. The van der Waals surface area contributed by atoms with Crippen molar-refractivity contribution in [2.75, 3.05) is 33.0 Å². The van der Waals surface area contributed by atoms with Gasteiger partial charge in [0.2, 0.25) is 0 Å². The fourth-order valence-corrected chi connectivity index (χ4v) is 2.03. The number of hydrogen-bond acceptors (Lipinski definition) is 4. The molecule has 4 nitrogen and oxygen atoms in total. The van der Waals surface area contributed by atoms with Crippen LogP contribution < -0.4 is 10.5 Å². The Kier molecular flexibility index (Phi) is 6.39. The Morgan fingerprint density at radius 3 is 2.90 bits per heavy atom. The van der Waals surface area contributed by atoms with Crippen LogP contribution in [-0.2, 0) is 9.47 Å². The maximum Gasteiger partial charge on any atom is 0.120 e. The Morgan fingerprint density at radius 2 is 2.10 bits per heavy atom. The lowest BCUT2D eigenvalue weighted by atomic mass is 10.2. The van der Waals surface area contributed by atoms with Crippen molar-refractivity contribution in [3.05, 3.63) is 29.8 Å². The largest absolute Gasteiger partial charge is 0.491 e. The van der Waals surface area contributed by atoms with Crippen LogP contribution in [0.2, 0.25) is 0 Å². The second kappa shape index (κ2) is 8.60. The molecule has 1 heterocycles. The summed E-state index contributed by atoms with van der Waals surface area (Å²) in [4.78, 5) is 0. The normalized spacial score (nSPS) is 15.4. The van der Waals surface area contributed by atoms with Crippen LogP contribution in [0.25, 0.3) is 0 Å². The Morgan fingerprint density at radius 1 is 1.25 bits per heavy atom. The topological polar surface area (TPSA) is 53.7 Å². The molecule has 2 N–H and O–H groups in total. The molecule has 0 radical (unpaired) electrons.